The van der Waals surface area contributed by atoms with Gasteiger partial charge in [-0.25, -0.2) is 0 Å². The van der Waals surface area contributed by atoms with Gasteiger partial charge in [-0.05, 0) is 6.92 Å². The number of aliphatic hydroxyl groups excluding tert-OH is 1. The normalized spacial score (nSPS) is 13.0. The minimum Gasteiger partial charge on any atom is -0.395 e. The highest BCUT2D eigenvalue weighted by Crippen LogP contribution is 1.94. The zero-order valence-electron chi connectivity index (χ0n) is 6.64. The molecular formula is C7H14INO2. The van der Waals surface area contributed by atoms with Gasteiger partial charge in [-0.1, -0.05) is 22.6 Å². The van der Waals surface area contributed by atoms with Crippen molar-refractivity contribution in [3.63, 3.8) is 0 Å². The van der Waals surface area contributed by atoms with Gasteiger partial charge in [-0.15, -0.1) is 0 Å². The van der Waals surface area contributed by atoms with Gasteiger partial charge in [0.25, 0.3) is 0 Å². The second-order valence-electron chi connectivity index (χ2n) is 2.30. The molecule has 0 unspecified atom stereocenters. The third-order valence-electron chi connectivity index (χ3n) is 1.39. The summed E-state index contributed by atoms with van der Waals surface area (Å²) in [6.07, 6.45) is 0.611. The number of alkyl halides is 1. The predicted molar refractivity (Wildman–Crippen MR) is 53.1 cm³/mol. The zero-order chi connectivity index (χ0) is 8.69. The van der Waals surface area contributed by atoms with Gasteiger partial charge in [-0.2, -0.15) is 0 Å². The minimum atomic E-state index is -0.114. The smallest absolute Gasteiger partial charge is 0.150 e. The summed E-state index contributed by atoms with van der Waals surface area (Å²) < 4.78 is 0.863. The van der Waals surface area contributed by atoms with E-state index in [0.29, 0.717) is 13.0 Å². The maximum Gasteiger partial charge on any atom is 0.150 e. The molecule has 0 heterocycles. The molecule has 1 atom stereocenters. The topological polar surface area (TPSA) is 49.3 Å². The molecule has 0 aromatic heterocycles. The Kier molecular flexibility index (Phi) is 7.20. The fourth-order valence-corrected chi connectivity index (χ4v) is 1.24. The Labute approximate surface area is 80.7 Å². The van der Waals surface area contributed by atoms with Gasteiger partial charge < -0.3 is 10.4 Å². The lowest BCUT2D eigenvalue weighted by atomic mass is 10.2. The molecule has 2 N–H and O–H groups in total. The maximum atomic E-state index is 11.1. The van der Waals surface area contributed by atoms with E-state index in [1.165, 1.54) is 0 Å². The summed E-state index contributed by atoms with van der Waals surface area (Å²) in [5, 5.41) is 11.4. The van der Waals surface area contributed by atoms with Crippen LogP contribution in [0.4, 0.5) is 0 Å². The molecule has 0 fully saturated rings. The van der Waals surface area contributed by atoms with Gasteiger partial charge in [0.05, 0.1) is 12.6 Å². The van der Waals surface area contributed by atoms with Crippen LogP contribution in [0.25, 0.3) is 0 Å². The van der Waals surface area contributed by atoms with Crippen molar-refractivity contribution in [2.75, 3.05) is 17.6 Å². The largest absolute Gasteiger partial charge is 0.395 e. The molecule has 0 radical (unpaired) electrons. The fourth-order valence-electron chi connectivity index (χ4n) is 0.705. The summed E-state index contributed by atoms with van der Waals surface area (Å²) in [7, 11) is 0. The van der Waals surface area contributed by atoms with Crippen molar-refractivity contribution in [1.29, 1.82) is 0 Å². The number of hydrogen-bond acceptors (Lipinski definition) is 3. The Hall–Kier alpha value is 0.320. The van der Waals surface area contributed by atoms with Crippen molar-refractivity contribution in [2.24, 2.45) is 0 Å². The summed E-state index contributed by atoms with van der Waals surface area (Å²) in [5.74, 6) is 0.216. The standard InChI is InChI=1S/C7H14INO2/c1-6(9-4-5-10)7(11)2-3-8/h6,9-10H,2-5H2,1H3/t6-/m0/s1. The lowest BCUT2D eigenvalue weighted by molar-refractivity contribution is -0.120. The Bertz CT molecular complexity index is 119. The average Bonchev–Trinajstić information content (AvgIpc) is 2.00. The molecule has 66 valence electrons. The van der Waals surface area contributed by atoms with Gasteiger partial charge in [0, 0.05) is 17.4 Å². The van der Waals surface area contributed by atoms with Crippen LogP contribution in [0.15, 0.2) is 0 Å². The number of Topliss-reactive ketones (excluding diaryl/α,β-unsaturated/α-hetero) is 1. The van der Waals surface area contributed by atoms with Crippen molar-refractivity contribution < 1.29 is 9.90 Å². The van der Waals surface area contributed by atoms with E-state index in [9.17, 15) is 4.79 Å². The lowest BCUT2D eigenvalue weighted by Crippen LogP contribution is -2.35. The number of ketones is 1. The maximum absolute atomic E-state index is 11.1. The van der Waals surface area contributed by atoms with Crippen LogP contribution in [0.1, 0.15) is 13.3 Å². The fraction of sp³-hybridized carbons (Fsp3) is 0.857. The molecule has 0 aromatic carbocycles. The Morgan fingerprint density at radius 3 is 2.82 bits per heavy atom. The third-order valence-corrected chi connectivity index (χ3v) is 1.93. The molecule has 0 rings (SSSR count). The van der Waals surface area contributed by atoms with Crippen LogP contribution in [-0.4, -0.2) is 34.5 Å². The van der Waals surface area contributed by atoms with Gasteiger partial charge >= 0.3 is 0 Å². The van der Waals surface area contributed by atoms with Crippen molar-refractivity contribution >= 4 is 28.4 Å². The highest BCUT2D eigenvalue weighted by atomic mass is 127. The van der Waals surface area contributed by atoms with E-state index in [4.69, 9.17) is 5.11 Å². The molecule has 0 spiro atoms. The number of hydrogen-bond donors (Lipinski definition) is 2. The molecule has 0 aliphatic rings. The number of nitrogens with one attached hydrogen (secondary N) is 1. The van der Waals surface area contributed by atoms with E-state index in [0.717, 1.165) is 4.43 Å². The highest BCUT2D eigenvalue weighted by molar-refractivity contribution is 14.1. The molecule has 0 amide bonds. The molecule has 0 saturated heterocycles. The molecule has 0 bridgehead atoms. The first-order valence-electron chi connectivity index (χ1n) is 3.65. The Morgan fingerprint density at radius 2 is 2.36 bits per heavy atom. The van der Waals surface area contributed by atoms with Crippen LogP contribution in [-0.2, 0) is 4.79 Å². The molecule has 11 heavy (non-hydrogen) atoms. The summed E-state index contributed by atoms with van der Waals surface area (Å²) >= 11 is 2.18. The van der Waals surface area contributed by atoms with Crippen molar-refractivity contribution in [3.8, 4) is 0 Å². The number of carbonyl (C=O) groups is 1. The van der Waals surface area contributed by atoms with Gasteiger partial charge in [-0.3, -0.25) is 4.79 Å². The first-order valence-corrected chi connectivity index (χ1v) is 5.18. The summed E-state index contributed by atoms with van der Waals surface area (Å²) in [6.45, 7) is 2.40. The summed E-state index contributed by atoms with van der Waals surface area (Å²) in [4.78, 5) is 11.1. The molecule has 4 heteroatoms. The van der Waals surface area contributed by atoms with E-state index >= 15 is 0 Å². The molecular weight excluding hydrogens is 257 g/mol. The van der Waals surface area contributed by atoms with E-state index in [2.05, 4.69) is 27.9 Å². The molecule has 0 aliphatic carbocycles. The second kappa shape index (κ2) is 7.00. The number of aliphatic hydroxyl groups is 1. The first kappa shape index (κ1) is 11.3. The van der Waals surface area contributed by atoms with Crippen molar-refractivity contribution in [2.45, 2.75) is 19.4 Å². The molecule has 0 saturated carbocycles. The van der Waals surface area contributed by atoms with E-state index in [-0.39, 0.29) is 18.4 Å². The van der Waals surface area contributed by atoms with Crippen LogP contribution >= 0.6 is 22.6 Å². The van der Waals surface area contributed by atoms with Crippen LogP contribution in [0, 0.1) is 0 Å². The zero-order valence-corrected chi connectivity index (χ0v) is 8.80. The predicted octanol–water partition coefficient (Wildman–Crippen LogP) is 0.351. The second-order valence-corrected chi connectivity index (χ2v) is 3.38. The summed E-state index contributed by atoms with van der Waals surface area (Å²) in [5.41, 5.74) is 0. The molecule has 0 aromatic rings. The van der Waals surface area contributed by atoms with Crippen molar-refractivity contribution in [3.05, 3.63) is 0 Å². The van der Waals surface area contributed by atoms with Crippen LogP contribution < -0.4 is 5.32 Å². The third kappa shape index (κ3) is 5.57. The van der Waals surface area contributed by atoms with Gasteiger partial charge in [0.2, 0.25) is 0 Å². The average molecular weight is 271 g/mol. The van der Waals surface area contributed by atoms with E-state index in [1.807, 2.05) is 6.92 Å². The number of carbonyl (C=O) groups excluding carboxylic acids is 1. The van der Waals surface area contributed by atoms with Crippen LogP contribution in [0.5, 0.6) is 0 Å². The van der Waals surface area contributed by atoms with Crippen LogP contribution in [0.2, 0.25) is 0 Å². The Balaban J connectivity index is 3.46. The number of rotatable bonds is 6. The van der Waals surface area contributed by atoms with Gasteiger partial charge in [0.1, 0.15) is 5.78 Å². The lowest BCUT2D eigenvalue weighted by Gasteiger charge is -2.09. The van der Waals surface area contributed by atoms with Crippen molar-refractivity contribution in [1.82, 2.24) is 5.32 Å². The monoisotopic (exact) mass is 271 g/mol. The first-order chi connectivity index (χ1) is 5.22. The molecule has 3 nitrogen and oxygen atoms in total. The number of halogens is 1. The quantitative estimate of drug-likeness (QED) is 0.541. The van der Waals surface area contributed by atoms with E-state index in [1.54, 1.807) is 0 Å². The molecule has 0 aliphatic heterocycles. The van der Waals surface area contributed by atoms with Gasteiger partial charge in [0.15, 0.2) is 0 Å². The Morgan fingerprint density at radius 1 is 1.73 bits per heavy atom. The highest BCUT2D eigenvalue weighted by Gasteiger charge is 2.09. The minimum absolute atomic E-state index is 0.0852. The van der Waals surface area contributed by atoms with E-state index < -0.39 is 0 Å². The van der Waals surface area contributed by atoms with Crippen LogP contribution in [0.3, 0.4) is 0 Å². The SMILES string of the molecule is C[C@H](NCCO)C(=O)CCI. The summed E-state index contributed by atoms with van der Waals surface area (Å²) in [6, 6.07) is -0.114.